The maximum absolute atomic E-state index is 12.2. The number of aliphatic carboxylic acids is 1. The Hall–Kier alpha value is -0.850. The van der Waals surface area contributed by atoms with Gasteiger partial charge in [-0.25, -0.2) is 9.18 Å². The van der Waals surface area contributed by atoms with E-state index in [0.29, 0.717) is 6.42 Å². The van der Waals surface area contributed by atoms with Crippen molar-refractivity contribution in [1.29, 1.82) is 0 Å². The number of carboxylic acids is 1. The van der Waals surface area contributed by atoms with Crippen LogP contribution in [0.25, 0.3) is 0 Å². The fourth-order valence-electron chi connectivity index (χ4n) is 0.943. The molecule has 1 fully saturated rings. The molecule has 0 amide bonds. The smallest absolute Gasteiger partial charge is 0.475 e. The number of nitrogens with two attached hydrogens (primary N) is 1. The molecule has 0 aliphatic heterocycles. The number of halogens is 4. The standard InChI is InChI=1S/C5H10FN.C2HF3O2/c6-4-2-1-3-5(4)7;3-2(4,5)1(6)7/h4-5H,1-3,7H2;(H,6,7)/t4-,5+;/m0./s1. The van der Waals surface area contributed by atoms with Gasteiger partial charge in [0.05, 0.1) is 0 Å². The molecule has 0 aromatic heterocycles. The van der Waals surface area contributed by atoms with Crippen molar-refractivity contribution in [2.24, 2.45) is 5.73 Å². The van der Waals surface area contributed by atoms with E-state index in [0.717, 1.165) is 12.8 Å². The maximum Gasteiger partial charge on any atom is 0.490 e. The molecule has 3 N–H and O–H groups in total. The van der Waals surface area contributed by atoms with Crippen LogP contribution in [0.1, 0.15) is 19.3 Å². The molecule has 1 aliphatic rings. The highest BCUT2D eigenvalue weighted by Gasteiger charge is 2.38. The zero-order valence-electron chi connectivity index (χ0n) is 7.22. The van der Waals surface area contributed by atoms with Gasteiger partial charge in [-0.15, -0.1) is 0 Å². The average Bonchev–Trinajstić information content (AvgIpc) is 2.35. The normalized spacial score (nSPS) is 26.6. The van der Waals surface area contributed by atoms with Gasteiger partial charge in [0.15, 0.2) is 0 Å². The monoisotopic (exact) mass is 217 g/mol. The zero-order valence-corrected chi connectivity index (χ0v) is 7.22. The molecule has 2 atom stereocenters. The topological polar surface area (TPSA) is 63.3 Å². The van der Waals surface area contributed by atoms with Gasteiger partial charge in [-0.1, -0.05) is 0 Å². The molecule has 7 heteroatoms. The van der Waals surface area contributed by atoms with Crippen LogP contribution < -0.4 is 5.73 Å². The molecule has 84 valence electrons. The van der Waals surface area contributed by atoms with Crippen molar-refractivity contribution in [3.63, 3.8) is 0 Å². The first kappa shape index (κ1) is 13.2. The molecule has 0 aromatic carbocycles. The summed E-state index contributed by atoms with van der Waals surface area (Å²) in [5, 5.41) is 7.12. The van der Waals surface area contributed by atoms with Crippen LogP contribution in [0.4, 0.5) is 17.6 Å². The summed E-state index contributed by atoms with van der Waals surface area (Å²) < 4.78 is 43.9. The van der Waals surface area contributed by atoms with Crippen molar-refractivity contribution in [1.82, 2.24) is 0 Å². The van der Waals surface area contributed by atoms with Crippen molar-refractivity contribution < 1.29 is 27.5 Å². The van der Waals surface area contributed by atoms with Crippen LogP contribution >= 0.6 is 0 Å². The Morgan fingerprint density at radius 3 is 1.86 bits per heavy atom. The van der Waals surface area contributed by atoms with Crippen molar-refractivity contribution in [3.8, 4) is 0 Å². The predicted molar refractivity (Wildman–Crippen MR) is 40.4 cm³/mol. The fraction of sp³-hybridized carbons (Fsp3) is 0.857. The van der Waals surface area contributed by atoms with E-state index in [-0.39, 0.29) is 6.04 Å². The Labute approximate surface area is 77.9 Å². The Balaban J connectivity index is 0.000000241. The first-order valence-corrected chi connectivity index (χ1v) is 3.95. The second-order valence-electron chi connectivity index (χ2n) is 2.91. The lowest BCUT2D eigenvalue weighted by Gasteiger charge is -2.01. The summed E-state index contributed by atoms with van der Waals surface area (Å²) >= 11 is 0. The van der Waals surface area contributed by atoms with Gasteiger partial charge < -0.3 is 10.8 Å². The summed E-state index contributed by atoms with van der Waals surface area (Å²) in [6, 6.07) is -0.153. The lowest BCUT2D eigenvalue weighted by molar-refractivity contribution is -0.192. The number of carbonyl (C=O) groups is 1. The molecule has 0 radical (unpaired) electrons. The summed E-state index contributed by atoms with van der Waals surface area (Å²) in [6.07, 6.45) is -3.26. The molecule has 3 nitrogen and oxygen atoms in total. The molecule has 14 heavy (non-hydrogen) atoms. The Kier molecular flexibility index (Phi) is 4.82. The molecule has 0 saturated heterocycles. The zero-order chi connectivity index (χ0) is 11.4. The van der Waals surface area contributed by atoms with Gasteiger partial charge in [-0.2, -0.15) is 13.2 Å². The van der Waals surface area contributed by atoms with E-state index < -0.39 is 18.3 Å². The van der Waals surface area contributed by atoms with Crippen LogP contribution in [-0.2, 0) is 4.79 Å². The molecule has 1 saturated carbocycles. The number of hydrogen-bond acceptors (Lipinski definition) is 2. The minimum absolute atomic E-state index is 0.153. The quantitative estimate of drug-likeness (QED) is 0.604. The van der Waals surface area contributed by atoms with Crippen LogP contribution in [0, 0.1) is 0 Å². The molecule has 1 rings (SSSR count). The molecule has 0 heterocycles. The molecule has 1 aliphatic carbocycles. The highest BCUT2D eigenvalue weighted by molar-refractivity contribution is 5.73. The summed E-state index contributed by atoms with van der Waals surface area (Å²) in [5.74, 6) is -2.76. The molecular formula is C7H11F4NO2. The van der Waals surface area contributed by atoms with Crippen molar-refractivity contribution in [2.45, 2.75) is 37.7 Å². The molecule has 0 bridgehead atoms. The molecular weight excluding hydrogens is 206 g/mol. The van der Waals surface area contributed by atoms with Crippen LogP contribution in [0.3, 0.4) is 0 Å². The van der Waals surface area contributed by atoms with E-state index in [1.807, 2.05) is 0 Å². The highest BCUT2D eigenvalue weighted by atomic mass is 19.4. The van der Waals surface area contributed by atoms with E-state index in [4.69, 9.17) is 15.6 Å². The lowest BCUT2D eigenvalue weighted by Crippen LogP contribution is -2.24. The molecule has 0 unspecified atom stereocenters. The number of hydrogen-bond donors (Lipinski definition) is 2. The first-order valence-electron chi connectivity index (χ1n) is 3.95. The van der Waals surface area contributed by atoms with Crippen molar-refractivity contribution in [3.05, 3.63) is 0 Å². The van der Waals surface area contributed by atoms with Gasteiger partial charge in [0.2, 0.25) is 0 Å². The first-order chi connectivity index (χ1) is 6.25. The lowest BCUT2D eigenvalue weighted by atomic mass is 10.2. The van der Waals surface area contributed by atoms with Gasteiger partial charge in [0.25, 0.3) is 0 Å². The average molecular weight is 217 g/mol. The minimum atomic E-state index is -5.08. The number of alkyl halides is 4. The van der Waals surface area contributed by atoms with Crippen molar-refractivity contribution in [2.75, 3.05) is 0 Å². The Morgan fingerprint density at radius 2 is 1.79 bits per heavy atom. The van der Waals surface area contributed by atoms with Gasteiger partial charge in [0, 0.05) is 6.04 Å². The van der Waals surface area contributed by atoms with Crippen LogP contribution in [0.2, 0.25) is 0 Å². The van der Waals surface area contributed by atoms with E-state index >= 15 is 0 Å². The SMILES string of the molecule is N[C@@H]1CCC[C@@H]1F.O=C(O)C(F)(F)F. The summed E-state index contributed by atoms with van der Waals surface area (Å²) in [7, 11) is 0. The highest BCUT2D eigenvalue weighted by Crippen LogP contribution is 2.19. The maximum atomic E-state index is 12.2. The predicted octanol–water partition coefficient (Wildman–Crippen LogP) is 1.47. The molecule has 0 spiro atoms. The van der Waals surface area contributed by atoms with Gasteiger partial charge in [-0.05, 0) is 19.3 Å². The second-order valence-corrected chi connectivity index (χ2v) is 2.91. The third-order valence-corrected chi connectivity index (χ3v) is 1.72. The Morgan fingerprint density at radius 1 is 1.36 bits per heavy atom. The van der Waals surface area contributed by atoms with Crippen molar-refractivity contribution >= 4 is 5.97 Å². The van der Waals surface area contributed by atoms with Crippen LogP contribution in [0.15, 0.2) is 0 Å². The van der Waals surface area contributed by atoms with E-state index in [1.165, 1.54) is 0 Å². The summed E-state index contributed by atoms with van der Waals surface area (Å²) in [5.41, 5.74) is 5.30. The Bertz CT molecular complexity index is 187. The van der Waals surface area contributed by atoms with Gasteiger partial charge in [-0.3, -0.25) is 0 Å². The summed E-state index contributed by atoms with van der Waals surface area (Å²) in [6.45, 7) is 0. The number of carboxylic acid groups (broad SMARTS) is 1. The minimum Gasteiger partial charge on any atom is -0.475 e. The van der Waals surface area contributed by atoms with Crippen LogP contribution in [-0.4, -0.2) is 29.5 Å². The third kappa shape index (κ3) is 5.00. The van der Waals surface area contributed by atoms with Gasteiger partial charge in [0.1, 0.15) is 6.17 Å². The van der Waals surface area contributed by atoms with Gasteiger partial charge >= 0.3 is 12.1 Å². The number of rotatable bonds is 0. The fourth-order valence-corrected chi connectivity index (χ4v) is 0.943. The van der Waals surface area contributed by atoms with E-state index in [1.54, 1.807) is 0 Å². The van der Waals surface area contributed by atoms with E-state index in [9.17, 15) is 17.6 Å². The third-order valence-electron chi connectivity index (χ3n) is 1.72. The molecule has 0 aromatic rings. The summed E-state index contributed by atoms with van der Waals surface area (Å²) in [4.78, 5) is 8.90. The van der Waals surface area contributed by atoms with Crippen LogP contribution in [0.5, 0.6) is 0 Å². The van der Waals surface area contributed by atoms with E-state index in [2.05, 4.69) is 0 Å². The largest absolute Gasteiger partial charge is 0.490 e. The second kappa shape index (κ2) is 5.14.